The number of nitrogens with zero attached hydrogens (tertiary/aromatic N) is 4. The van der Waals surface area contributed by atoms with Crippen molar-refractivity contribution in [2.45, 2.75) is 61.0 Å². The molecule has 9 nitrogen and oxygen atoms in total. The van der Waals surface area contributed by atoms with Crippen LogP contribution in [-0.2, 0) is 25.2 Å². The number of benzene rings is 2. The van der Waals surface area contributed by atoms with Crippen LogP contribution < -0.4 is 15.1 Å². The maximum Gasteiger partial charge on any atom is 0.252 e. The first-order chi connectivity index (χ1) is 21.4. The van der Waals surface area contributed by atoms with Gasteiger partial charge < -0.3 is 5.32 Å². The quantitative estimate of drug-likeness (QED) is 0.343. The topological polar surface area (TPSA) is 123 Å². The first kappa shape index (κ1) is 32.1. The first-order valence-electron chi connectivity index (χ1n) is 13.9. The standard InChI is InChI=1S/C31H27ClF3N5O4S/c1-45(44)23-12-19(33)11-22(13-23)40(28(42)14-21-6-7-27(41)39(21)26-10-18(17-36)8-9-37-26)29(24-4-2-3-5-25(24)32)30(43)38-20-15-31(34,35)16-20/h2-5,8-13,20-21,29H,6-7,14-16H2,1H3,(H,38,43)/t21-,29-,45-/m0/s1. The van der Waals surface area contributed by atoms with Crippen LogP contribution in [0.15, 0.2) is 65.7 Å². The molecule has 2 heterocycles. The summed E-state index contributed by atoms with van der Waals surface area (Å²) in [7, 11) is -1.68. The lowest BCUT2D eigenvalue weighted by molar-refractivity contribution is -0.133. The van der Waals surface area contributed by atoms with Crippen molar-refractivity contribution in [3.8, 4) is 6.07 Å². The van der Waals surface area contributed by atoms with Crippen LogP contribution in [0.4, 0.5) is 24.7 Å². The highest BCUT2D eigenvalue weighted by Gasteiger charge is 2.47. The monoisotopic (exact) mass is 657 g/mol. The van der Waals surface area contributed by atoms with Crippen LogP contribution in [0.25, 0.3) is 0 Å². The Hall–Kier alpha value is -4.28. The predicted molar refractivity (Wildman–Crippen MR) is 161 cm³/mol. The van der Waals surface area contributed by atoms with E-state index >= 15 is 0 Å². The molecule has 45 heavy (non-hydrogen) atoms. The minimum absolute atomic E-state index is 0.0370. The fourth-order valence-electron chi connectivity index (χ4n) is 5.60. The molecule has 2 aliphatic rings. The fraction of sp³-hybridized carbons (Fsp3) is 0.323. The van der Waals surface area contributed by atoms with Gasteiger partial charge >= 0.3 is 0 Å². The zero-order valence-corrected chi connectivity index (χ0v) is 25.5. The van der Waals surface area contributed by atoms with E-state index in [2.05, 4.69) is 10.3 Å². The molecule has 1 aliphatic heterocycles. The summed E-state index contributed by atoms with van der Waals surface area (Å²) in [5, 5.41) is 12.0. The van der Waals surface area contributed by atoms with Crippen molar-refractivity contribution in [1.82, 2.24) is 10.3 Å². The van der Waals surface area contributed by atoms with Crippen LogP contribution >= 0.6 is 11.6 Å². The van der Waals surface area contributed by atoms with Gasteiger partial charge in [-0.3, -0.25) is 28.4 Å². The molecule has 5 rings (SSSR count). The van der Waals surface area contributed by atoms with Gasteiger partial charge in [0.1, 0.15) is 17.7 Å². The number of carbonyl (C=O) groups is 3. The normalized spacial score (nSPS) is 18.9. The van der Waals surface area contributed by atoms with Crippen LogP contribution in [0.2, 0.25) is 5.02 Å². The summed E-state index contributed by atoms with van der Waals surface area (Å²) >= 11 is 6.52. The molecule has 2 fully saturated rings. The van der Waals surface area contributed by atoms with Gasteiger partial charge in [0.05, 0.1) is 11.6 Å². The summed E-state index contributed by atoms with van der Waals surface area (Å²) in [5.74, 6) is -5.49. The number of alkyl halides is 2. The molecule has 0 unspecified atom stereocenters. The summed E-state index contributed by atoms with van der Waals surface area (Å²) in [5.41, 5.74) is 0.273. The van der Waals surface area contributed by atoms with Crippen molar-refractivity contribution in [2.24, 2.45) is 0 Å². The third-order valence-electron chi connectivity index (χ3n) is 7.73. The zero-order valence-electron chi connectivity index (χ0n) is 23.9. The van der Waals surface area contributed by atoms with E-state index in [0.29, 0.717) is 0 Å². The van der Waals surface area contributed by atoms with Gasteiger partial charge in [-0.05, 0) is 42.8 Å². The van der Waals surface area contributed by atoms with Crippen molar-refractivity contribution in [1.29, 1.82) is 5.26 Å². The van der Waals surface area contributed by atoms with Gasteiger partial charge in [0.15, 0.2) is 0 Å². The molecule has 3 atom stereocenters. The molecular weight excluding hydrogens is 631 g/mol. The number of hydrogen-bond donors (Lipinski definition) is 1. The number of amides is 3. The van der Waals surface area contributed by atoms with Gasteiger partial charge in [-0.25, -0.2) is 18.2 Å². The lowest BCUT2D eigenvalue weighted by Crippen LogP contribution is -2.54. The number of aromatic nitrogens is 1. The van der Waals surface area contributed by atoms with Gasteiger partial charge in [-0.2, -0.15) is 5.26 Å². The minimum atomic E-state index is -2.94. The molecule has 2 aromatic carbocycles. The van der Waals surface area contributed by atoms with E-state index in [-0.39, 0.29) is 57.7 Å². The number of carbonyl (C=O) groups excluding carboxylic acids is 3. The molecule has 0 spiro atoms. The molecule has 14 heteroatoms. The lowest BCUT2D eigenvalue weighted by Gasteiger charge is -2.38. The second kappa shape index (κ2) is 13.0. The van der Waals surface area contributed by atoms with Crippen LogP contribution in [0.1, 0.15) is 49.3 Å². The SMILES string of the molecule is C[S@](=O)c1cc(F)cc(N(C(=O)C[C@@H]2CCC(=O)N2c2cc(C#N)ccn2)[C@H](C(=O)NC2CC(F)(F)C2)c2ccccc2Cl)c1. The fourth-order valence-corrected chi connectivity index (χ4v) is 6.40. The molecule has 3 amide bonds. The highest BCUT2D eigenvalue weighted by molar-refractivity contribution is 7.84. The molecule has 1 saturated carbocycles. The highest BCUT2D eigenvalue weighted by Crippen LogP contribution is 2.40. The van der Waals surface area contributed by atoms with Gasteiger partial charge in [0.25, 0.3) is 5.92 Å². The van der Waals surface area contributed by atoms with Gasteiger partial charge in [0, 0.05) is 82.2 Å². The van der Waals surface area contributed by atoms with Crippen LogP contribution in [-0.4, -0.2) is 51.2 Å². The van der Waals surface area contributed by atoms with Crippen LogP contribution in [0, 0.1) is 17.1 Å². The van der Waals surface area contributed by atoms with Crippen molar-refractivity contribution in [3.63, 3.8) is 0 Å². The largest absolute Gasteiger partial charge is 0.351 e. The van der Waals surface area contributed by atoms with Gasteiger partial charge in [-0.1, -0.05) is 29.8 Å². The zero-order chi connectivity index (χ0) is 32.5. The Balaban J connectivity index is 1.59. The number of hydrogen-bond acceptors (Lipinski definition) is 6. The summed E-state index contributed by atoms with van der Waals surface area (Å²) < 4.78 is 54.7. The first-order valence-corrected chi connectivity index (χ1v) is 15.9. The predicted octanol–water partition coefficient (Wildman–Crippen LogP) is 5.06. The maximum absolute atomic E-state index is 15.0. The van der Waals surface area contributed by atoms with E-state index in [1.807, 2.05) is 6.07 Å². The number of rotatable bonds is 9. The molecule has 1 aromatic heterocycles. The molecule has 0 bridgehead atoms. The highest BCUT2D eigenvalue weighted by atomic mass is 35.5. The Kier molecular flexibility index (Phi) is 9.27. The minimum Gasteiger partial charge on any atom is -0.351 e. The molecule has 0 radical (unpaired) electrons. The Morgan fingerprint density at radius 3 is 2.62 bits per heavy atom. The number of nitrogens with one attached hydrogen (secondary N) is 1. The summed E-state index contributed by atoms with van der Waals surface area (Å²) in [6.45, 7) is 0. The molecule has 1 aliphatic carbocycles. The molecule has 234 valence electrons. The number of pyridine rings is 1. The lowest BCUT2D eigenvalue weighted by atomic mass is 9.87. The van der Waals surface area contributed by atoms with E-state index < -0.39 is 65.3 Å². The van der Waals surface area contributed by atoms with E-state index in [9.17, 15) is 37.0 Å². The number of halogens is 4. The maximum atomic E-state index is 15.0. The van der Waals surface area contributed by atoms with E-state index in [0.717, 1.165) is 17.0 Å². The smallest absolute Gasteiger partial charge is 0.252 e. The number of nitriles is 1. The third kappa shape index (κ3) is 7.02. The third-order valence-corrected chi connectivity index (χ3v) is 8.98. The second-order valence-electron chi connectivity index (χ2n) is 10.9. The Morgan fingerprint density at radius 2 is 1.96 bits per heavy atom. The van der Waals surface area contributed by atoms with Crippen molar-refractivity contribution in [2.75, 3.05) is 16.1 Å². The van der Waals surface area contributed by atoms with Gasteiger partial charge in [0.2, 0.25) is 17.7 Å². The summed E-state index contributed by atoms with van der Waals surface area (Å²) in [6.07, 6.45) is 1.48. The van der Waals surface area contributed by atoms with E-state index in [1.54, 1.807) is 12.1 Å². The molecular formula is C31H27ClF3N5O4S. The number of anilines is 2. The van der Waals surface area contributed by atoms with Gasteiger partial charge in [-0.15, -0.1) is 0 Å². The second-order valence-corrected chi connectivity index (χ2v) is 12.7. The Labute approximate surface area is 264 Å². The van der Waals surface area contributed by atoms with Crippen LogP contribution in [0.3, 0.4) is 0 Å². The molecule has 3 aromatic rings. The van der Waals surface area contributed by atoms with E-state index in [4.69, 9.17) is 11.6 Å². The Bertz CT molecular complexity index is 1730. The van der Waals surface area contributed by atoms with Crippen LogP contribution in [0.5, 0.6) is 0 Å². The molecule has 1 N–H and O–H groups in total. The van der Waals surface area contributed by atoms with E-state index in [1.165, 1.54) is 47.7 Å². The Morgan fingerprint density at radius 1 is 1.22 bits per heavy atom. The van der Waals surface area contributed by atoms with Crippen molar-refractivity contribution in [3.05, 3.63) is 82.8 Å². The van der Waals surface area contributed by atoms with Crippen molar-refractivity contribution < 1.29 is 31.8 Å². The van der Waals surface area contributed by atoms with Crippen molar-refractivity contribution >= 4 is 51.6 Å². The average molecular weight is 658 g/mol. The molecule has 1 saturated heterocycles. The summed E-state index contributed by atoms with van der Waals surface area (Å²) in [6, 6.07) is 11.2. The average Bonchev–Trinajstić information content (AvgIpc) is 3.34. The summed E-state index contributed by atoms with van der Waals surface area (Å²) in [4.78, 5) is 47.8.